The Bertz CT molecular complexity index is 455. The minimum atomic E-state index is 0.107. The molecule has 0 spiro atoms. The number of nitrogens with zero attached hydrogens (tertiary/aromatic N) is 1. The summed E-state index contributed by atoms with van der Waals surface area (Å²) in [6.45, 7) is 1.62. The highest BCUT2D eigenvalue weighted by molar-refractivity contribution is 14.1. The molecule has 5 heteroatoms. The van der Waals surface area contributed by atoms with Gasteiger partial charge in [-0.1, -0.05) is 0 Å². The summed E-state index contributed by atoms with van der Waals surface area (Å²) in [4.78, 5) is 14.4. The molecular formula is C13H14BrClINO. The summed E-state index contributed by atoms with van der Waals surface area (Å²) in [7, 11) is 0. The molecule has 0 N–H and O–H groups in total. The van der Waals surface area contributed by atoms with Gasteiger partial charge in [0.2, 0.25) is 0 Å². The second-order valence-electron chi connectivity index (χ2n) is 4.54. The SMILES string of the molecule is O=C(c1cc(I)ccc1Br)N1CCCC(CCl)C1. The van der Waals surface area contributed by atoms with Crippen molar-refractivity contribution in [1.29, 1.82) is 0 Å². The molecule has 0 aliphatic carbocycles. The third-order valence-electron chi connectivity index (χ3n) is 3.18. The monoisotopic (exact) mass is 441 g/mol. The van der Waals surface area contributed by atoms with Crippen molar-refractivity contribution in [2.45, 2.75) is 12.8 Å². The van der Waals surface area contributed by atoms with Crippen molar-refractivity contribution < 1.29 is 4.79 Å². The minimum Gasteiger partial charge on any atom is -0.338 e. The number of alkyl halides is 1. The Balaban J connectivity index is 2.17. The number of likely N-dealkylation sites (tertiary alicyclic amines) is 1. The van der Waals surface area contributed by atoms with Crippen LogP contribution in [-0.4, -0.2) is 29.8 Å². The van der Waals surface area contributed by atoms with Gasteiger partial charge in [0.05, 0.1) is 5.56 Å². The molecule has 1 fully saturated rings. The molecular weight excluding hydrogens is 428 g/mol. The molecule has 2 nitrogen and oxygen atoms in total. The van der Waals surface area contributed by atoms with Crippen LogP contribution in [0.1, 0.15) is 23.2 Å². The van der Waals surface area contributed by atoms with E-state index in [1.165, 1.54) is 0 Å². The molecule has 98 valence electrons. The zero-order valence-corrected chi connectivity index (χ0v) is 14.3. The highest BCUT2D eigenvalue weighted by Crippen LogP contribution is 2.24. The van der Waals surface area contributed by atoms with Gasteiger partial charge in [-0.2, -0.15) is 0 Å². The van der Waals surface area contributed by atoms with E-state index in [0.717, 1.165) is 39.5 Å². The summed E-state index contributed by atoms with van der Waals surface area (Å²) in [5, 5.41) is 0. The van der Waals surface area contributed by atoms with Gasteiger partial charge < -0.3 is 4.90 Å². The standard InChI is InChI=1S/C13H14BrClINO/c14-12-4-3-10(16)6-11(12)13(18)17-5-1-2-9(7-15)8-17/h3-4,6,9H,1-2,5,7-8H2. The molecule has 1 unspecified atom stereocenters. The Morgan fingerprint density at radius 2 is 2.33 bits per heavy atom. The van der Waals surface area contributed by atoms with Crippen LogP contribution < -0.4 is 0 Å². The van der Waals surface area contributed by atoms with Crippen molar-refractivity contribution in [2.24, 2.45) is 5.92 Å². The normalized spacial score (nSPS) is 19.9. The van der Waals surface area contributed by atoms with E-state index in [-0.39, 0.29) is 5.91 Å². The molecule has 2 rings (SSSR count). The van der Waals surface area contributed by atoms with Gasteiger partial charge >= 0.3 is 0 Å². The van der Waals surface area contributed by atoms with E-state index >= 15 is 0 Å². The fourth-order valence-electron chi connectivity index (χ4n) is 2.21. The number of carbonyl (C=O) groups is 1. The highest BCUT2D eigenvalue weighted by atomic mass is 127. The lowest BCUT2D eigenvalue weighted by Crippen LogP contribution is -2.40. The summed E-state index contributed by atoms with van der Waals surface area (Å²) in [5.41, 5.74) is 0.747. The van der Waals surface area contributed by atoms with Crippen LogP contribution in [0, 0.1) is 9.49 Å². The number of halogens is 3. The Kier molecular flexibility index (Phi) is 5.33. The lowest BCUT2D eigenvalue weighted by Gasteiger charge is -2.32. The van der Waals surface area contributed by atoms with Crippen LogP contribution in [0.5, 0.6) is 0 Å². The Morgan fingerprint density at radius 1 is 1.56 bits per heavy atom. The molecule has 0 radical (unpaired) electrons. The van der Waals surface area contributed by atoms with E-state index in [1.54, 1.807) is 0 Å². The largest absolute Gasteiger partial charge is 0.338 e. The molecule has 18 heavy (non-hydrogen) atoms. The fourth-order valence-corrected chi connectivity index (χ4v) is 3.37. The van der Waals surface area contributed by atoms with Crippen LogP contribution in [0.3, 0.4) is 0 Å². The van der Waals surface area contributed by atoms with Gasteiger partial charge in [0.25, 0.3) is 5.91 Å². The second-order valence-corrected chi connectivity index (χ2v) is 6.95. The van der Waals surface area contributed by atoms with Crippen molar-refractivity contribution in [3.05, 3.63) is 31.8 Å². The van der Waals surface area contributed by atoms with E-state index in [1.807, 2.05) is 23.1 Å². The lowest BCUT2D eigenvalue weighted by molar-refractivity contribution is 0.0684. The molecule has 1 aliphatic heterocycles. The van der Waals surface area contributed by atoms with Crippen molar-refractivity contribution >= 4 is 56.0 Å². The van der Waals surface area contributed by atoms with Gasteiger partial charge in [0.1, 0.15) is 0 Å². The molecule has 0 saturated carbocycles. The van der Waals surface area contributed by atoms with Crippen LogP contribution in [0.25, 0.3) is 0 Å². The third kappa shape index (κ3) is 3.39. The number of benzene rings is 1. The maximum absolute atomic E-state index is 12.5. The van der Waals surface area contributed by atoms with Gasteiger partial charge in [-0.15, -0.1) is 11.6 Å². The van der Waals surface area contributed by atoms with Crippen molar-refractivity contribution in [3.8, 4) is 0 Å². The first-order valence-corrected chi connectivity index (χ1v) is 8.32. The Morgan fingerprint density at radius 3 is 3.06 bits per heavy atom. The molecule has 1 aliphatic rings. The molecule has 0 bridgehead atoms. The summed E-state index contributed by atoms with van der Waals surface area (Å²) in [6, 6.07) is 5.84. The van der Waals surface area contributed by atoms with Gasteiger partial charge in [-0.3, -0.25) is 4.79 Å². The molecule has 1 aromatic rings. The van der Waals surface area contributed by atoms with Gasteiger partial charge in [0.15, 0.2) is 0 Å². The Hall–Kier alpha value is 0.190. The zero-order valence-electron chi connectivity index (χ0n) is 9.83. The minimum absolute atomic E-state index is 0.107. The topological polar surface area (TPSA) is 20.3 Å². The number of hydrogen-bond donors (Lipinski definition) is 0. The fraction of sp³-hybridized carbons (Fsp3) is 0.462. The van der Waals surface area contributed by atoms with Crippen molar-refractivity contribution in [1.82, 2.24) is 4.90 Å². The maximum atomic E-state index is 12.5. The quantitative estimate of drug-likeness (QED) is 0.498. The van der Waals surface area contributed by atoms with E-state index in [9.17, 15) is 4.79 Å². The molecule has 1 saturated heterocycles. The van der Waals surface area contributed by atoms with Crippen LogP contribution in [0.4, 0.5) is 0 Å². The maximum Gasteiger partial charge on any atom is 0.255 e. The van der Waals surface area contributed by atoms with E-state index in [2.05, 4.69) is 38.5 Å². The molecule has 0 aromatic heterocycles. The van der Waals surface area contributed by atoms with Gasteiger partial charge in [-0.05, 0) is 75.5 Å². The van der Waals surface area contributed by atoms with Gasteiger partial charge in [0, 0.05) is 27.0 Å². The summed E-state index contributed by atoms with van der Waals surface area (Å²) >= 11 is 11.6. The number of piperidine rings is 1. The lowest BCUT2D eigenvalue weighted by atomic mass is 9.99. The molecule has 1 heterocycles. The van der Waals surface area contributed by atoms with Gasteiger partial charge in [-0.25, -0.2) is 0 Å². The van der Waals surface area contributed by atoms with Crippen molar-refractivity contribution in [2.75, 3.05) is 19.0 Å². The smallest absolute Gasteiger partial charge is 0.255 e. The average molecular weight is 443 g/mol. The van der Waals surface area contributed by atoms with Crippen LogP contribution in [0.15, 0.2) is 22.7 Å². The van der Waals surface area contributed by atoms with E-state index < -0.39 is 0 Å². The molecule has 1 atom stereocenters. The predicted octanol–water partition coefficient (Wildman–Crippen LogP) is 4.14. The second kappa shape index (κ2) is 6.57. The number of carbonyl (C=O) groups excluding carboxylic acids is 1. The summed E-state index contributed by atoms with van der Waals surface area (Å²) in [6.07, 6.45) is 2.17. The number of hydrogen-bond acceptors (Lipinski definition) is 1. The first kappa shape index (κ1) is 14.6. The first-order chi connectivity index (χ1) is 8.61. The van der Waals surface area contributed by atoms with E-state index in [4.69, 9.17) is 11.6 Å². The molecule has 1 aromatic carbocycles. The number of rotatable bonds is 2. The third-order valence-corrected chi connectivity index (χ3v) is 4.98. The first-order valence-electron chi connectivity index (χ1n) is 5.92. The van der Waals surface area contributed by atoms with Crippen molar-refractivity contribution in [3.63, 3.8) is 0 Å². The Labute approximate surface area is 134 Å². The van der Waals surface area contributed by atoms with Crippen LogP contribution in [0.2, 0.25) is 0 Å². The van der Waals surface area contributed by atoms with Crippen LogP contribution >= 0.6 is 50.1 Å². The predicted molar refractivity (Wildman–Crippen MR) is 86.2 cm³/mol. The highest BCUT2D eigenvalue weighted by Gasteiger charge is 2.25. The number of amides is 1. The molecule has 1 amide bonds. The van der Waals surface area contributed by atoms with Crippen LogP contribution in [-0.2, 0) is 0 Å². The summed E-state index contributed by atoms with van der Waals surface area (Å²) in [5.74, 6) is 1.18. The summed E-state index contributed by atoms with van der Waals surface area (Å²) < 4.78 is 1.94. The van der Waals surface area contributed by atoms with E-state index in [0.29, 0.717) is 11.8 Å². The average Bonchev–Trinajstić information content (AvgIpc) is 2.41. The zero-order chi connectivity index (χ0) is 13.1.